The number of hydrogen-bond donors (Lipinski definition) is 1. The number of anilines is 1. The van der Waals surface area contributed by atoms with Crippen molar-refractivity contribution in [3.05, 3.63) is 59.2 Å². The molecule has 0 unspecified atom stereocenters. The first kappa shape index (κ1) is 22.9. The molecule has 158 valence electrons. The molecule has 0 saturated heterocycles. The fourth-order valence-corrected chi connectivity index (χ4v) is 4.35. The zero-order valence-corrected chi connectivity index (χ0v) is 18.4. The highest BCUT2D eigenvalue weighted by Crippen LogP contribution is 2.28. The summed E-state index contributed by atoms with van der Waals surface area (Å²) < 4.78 is 33.2. The lowest BCUT2D eigenvalue weighted by Gasteiger charge is -2.26. The molecule has 1 N–H and O–H groups in total. The standard InChI is InChI=1S/C22H30N2O4S/c1-5-28-15-7-14-23-22(25)16-24(21-9-6-8-18(3)19(21)4)29(26,27)20-12-10-17(2)11-13-20/h6,8-13H,5,7,14-16H2,1-4H3,(H,23,25). The number of nitrogens with one attached hydrogen (secondary N) is 1. The molecule has 6 nitrogen and oxygen atoms in total. The molecule has 7 heteroatoms. The number of sulfonamides is 1. The van der Waals surface area contributed by atoms with Gasteiger partial charge in [-0.1, -0.05) is 29.8 Å². The average molecular weight is 419 g/mol. The number of rotatable bonds is 10. The number of benzene rings is 2. The van der Waals surface area contributed by atoms with Gasteiger partial charge in [0, 0.05) is 19.8 Å². The van der Waals surface area contributed by atoms with E-state index in [0.29, 0.717) is 31.9 Å². The van der Waals surface area contributed by atoms with E-state index in [-0.39, 0.29) is 17.3 Å². The van der Waals surface area contributed by atoms with Gasteiger partial charge in [0.05, 0.1) is 10.6 Å². The van der Waals surface area contributed by atoms with Gasteiger partial charge in [-0.15, -0.1) is 0 Å². The summed E-state index contributed by atoms with van der Waals surface area (Å²) in [5, 5.41) is 2.78. The SMILES string of the molecule is CCOCCCNC(=O)CN(c1cccc(C)c1C)S(=O)(=O)c1ccc(C)cc1. The van der Waals surface area contributed by atoms with Crippen LogP contribution in [0.2, 0.25) is 0 Å². The predicted molar refractivity (Wildman–Crippen MR) is 116 cm³/mol. The molecule has 2 rings (SSSR count). The van der Waals surface area contributed by atoms with Crippen molar-refractivity contribution in [1.29, 1.82) is 0 Å². The number of aryl methyl sites for hydroxylation is 2. The minimum atomic E-state index is -3.90. The van der Waals surface area contributed by atoms with E-state index in [4.69, 9.17) is 4.74 Å². The summed E-state index contributed by atoms with van der Waals surface area (Å²) in [4.78, 5) is 12.7. The van der Waals surface area contributed by atoms with Crippen molar-refractivity contribution in [2.75, 3.05) is 30.6 Å². The number of nitrogens with zero attached hydrogens (tertiary/aromatic N) is 1. The van der Waals surface area contributed by atoms with E-state index in [1.54, 1.807) is 36.4 Å². The van der Waals surface area contributed by atoms with Gasteiger partial charge in [-0.25, -0.2) is 8.42 Å². The lowest BCUT2D eigenvalue weighted by Crippen LogP contribution is -2.41. The number of hydrogen-bond acceptors (Lipinski definition) is 4. The van der Waals surface area contributed by atoms with Crippen LogP contribution in [0.3, 0.4) is 0 Å². The Morgan fingerprint density at radius 2 is 1.76 bits per heavy atom. The van der Waals surface area contributed by atoms with Gasteiger partial charge in [0.1, 0.15) is 6.54 Å². The maximum absolute atomic E-state index is 13.4. The van der Waals surface area contributed by atoms with Crippen molar-refractivity contribution in [1.82, 2.24) is 5.32 Å². The Hall–Kier alpha value is -2.38. The molecule has 0 atom stereocenters. The van der Waals surface area contributed by atoms with Crippen molar-refractivity contribution < 1.29 is 17.9 Å². The molecule has 0 aliphatic rings. The molecular weight excluding hydrogens is 388 g/mol. The average Bonchev–Trinajstić information content (AvgIpc) is 2.68. The van der Waals surface area contributed by atoms with Gasteiger partial charge in [-0.2, -0.15) is 0 Å². The first-order chi connectivity index (χ1) is 13.8. The van der Waals surface area contributed by atoms with Crippen LogP contribution in [0.15, 0.2) is 47.4 Å². The first-order valence-electron chi connectivity index (χ1n) is 9.77. The summed E-state index contributed by atoms with van der Waals surface area (Å²) in [5.74, 6) is -0.349. The Balaban J connectivity index is 2.30. The normalized spacial score (nSPS) is 11.3. The molecule has 0 aliphatic carbocycles. The van der Waals surface area contributed by atoms with Gasteiger partial charge < -0.3 is 10.1 Å². The Bertz CT molecular complexity index is 924. The molecule has 29 heavy (non-hydrogen) atoms. The molecule has 0 spiro atoms. The van der Waals surface area contributed by atoms with Crippen LogP contribution in [-0.2, 0) is 19.6 Å². The molecular formula is C22H30N2O4S. The summed E-state index contributed by atoms with van der Waals surface area (Å²) in [5.41, 5.74) is 3.26. The van der Waals surface area contributed by atoms with Crippen LogP contribution >= 0.6 is 0 Å². The smallest absolute Gasteiger partial charge is 0.264 e. The van der Waals surface area contributed by atoms with Crippen LogP contribution in [0, 0.1) is 20.8 Å². The van der Waals surface area contributed by atoms with E-state index in [0.717, 1.165) is 16.7 Å². The second-order valence-electron chi connectivity index (χ2n) is 6.94. The van der Waals surface area contributed by atoms with Gasteiger partial charge in [0.2, 0.25) is 5.91 Å². The molecule has 2 aromatic rings. The van der Waals surface area contributed by atoms with Crippen molar-refractivity contribution in [2.45, 2.75) is 39.0 Å². The molecule has 0 saturated carbocycles. The second-order valence-corrected chi connectivity index (χ2v) is 8.81. The molecule has 0 bridgehead atoms. The van der Waals surface area contributed by atoms with E-state index < -0.39 is 10.0 Å². The van der Waals surface area contributed by atoms with E-state index in [2.05, 4.69) is 5.32 Å². The number of carbonyl (C=O) groups is 1. The van der Waals surface area contributed by atoms with Crippen molar-refractivity contribution >= 4 is 21.6 Å². The molecule has 1 amide bonds. The van der Waals surface area contributed by atoms with Crippen LogP contribution in [-0.4, -0.2) is 40.6 Å². The van der Waals surface area contributed by atoms with Crippen LogP contribution in [0.5, 0.6) is 0 Å². The van der Waals surface area contributed by atoms with Crippen LogP contribution in [0.25, 0.3) is 0 Å². The third kappa shape index (κ3) is 6.05. The zero-order chi connectivity index (χ0) is 21.4. The Morgan fingerprint density at radius 1 is 1.07 bits per heavy atom. The van der Waals surface area contributed by atoms with E-state index >= 15 is 0 Å². The van der Waals surface area contributed by atoms with Crippen molar-refractivity contribution in [3.63, 3.8) is 0 Å². The van der Waals surface area contributed by atoms with Crippen LogP contribution in [0.1, 0.15) is 30.0 Å². The van der Waals surface area contributed by atoms with Crippen LogP contribution in [0.4, 0.5) is 5.69 Å². The summed E-state index contributed by atoms with van der Waals surface area (Å²) in [6, 6.07) is 12.1. The third-order valence-corrected chi connectivity index (χ3v) is 6.51. The molecule has 0 fully saturated rings. The molecule has 0 heterocycles. The van der Waals surface area contributed by atoms with Gasteiger partial charge in [0.15, 0.2) is 0 Å². The summed E-state index contributed by atoms with van der Waals surface area (Å²) >= 11 is 0. The van der Waals surface area contributed by atoms with E-state index in [1.807, 2.05) is 33.8 Å². The largest absolute Gasteiger partial charge is 0.382 e. The van der Waals surface area contributed by atoms with Gasteiger partial charge >= 0.3 is 0 Å². The Morgan fingerprint density at radius 3 is 2.41 bits per heavy atom. The monoisotopic (exact) mass is 418 g/mol. The van der Waals surface area contributed by atoms with Crippen LogP contribution < -0.4 is 9.62 Å². The predicted octanol–water partition coefficient (Wildman–Crippen LogP) is 3.35. The fourth-order valence-electron chi connectivity index (χ4n) is 2.88. The first-order valence-corrected chi connectivity index (χ1v) is 11.2. The third-order valence-electron chi connectivity index (χ3n) is 4.73. The van der Waals surface area contributed by atoms with Gasteiger partial charge in [-0.05, 0) is 63.4 Å². The lowest BCUT2D eigenvalue weighted by atomic mass is 10.1. The number of amides is 1. The van der Waals surface area contributed by atoms with Crippen molar-refractivity contribution in [2.24, 2.45) is 0 Å². The summed E-state index contributed by atoms with van der Waals surface area (Å²) in [6.45, 7) is 8.93. The maximum atomic E-state index is 13.4. The fraction of sp³-hybridized carbons (Fsp3) is 0.409. The molecule has 0 aromatic heterocycles. The van der Waals surface area contributed by atoms with Gasteiger partial charge in [0.25, 0.3) is 10.0 Å². The Labute approximate surface area is 173 Å². The van der Waals surface area contributed by atoms with Gasteiger partial charge in [-0.3, -0.25) is 9.10 Å². The van der Waals surface area contributed by atoms with E-state index in [9.17, 15) is 13.2 Å². The molecule has 2 aromatic carbocycles. The van der Waals surface area contributed by atoms with E-state index in [1.165, 1.54) is 4.31 Å². The molecule has 0 aliphatic heterocycles. The Kier molecular flexibility index (Phi) is 8.22. The quantitative estimate of drug-likeness (QED) is 0.601. The summed E-state index contributed by atoms with van der Waals surface area (Å²) in [7, 11) is -3.90. The highest BCUT2D eigenvalue weighted by Gasteiger charge is 2.28. The molecule has 0 radical (unpaired) electrons. The minimum Gasteiger partial charge on any atom is -0.382 e. The lowest BCUT2D eigenvalue weighted by molar-refractivity contribution is -0.119. The maximum Gasteiger partial charge on any atom is 0.264 e. The topological polar surface area (TPSA) is 75.7 Å². The number of carbonyl (C=O) groups excluding carboxylic acids is 1. The van der Waals surface area contributed by atoms with Crippen molar-refractivity contribution in [3.8, 4) is 0 Å². The summed E-state index contributed by atoms with van der Waals surface area (Å²) in [6.07, 6.45) is 0.674. The number of ether oxygens (including phenoxy) is 1. The minimum absolute atomic E-state index is 0.160. The zero-order valence-electron chi connectivity index (χ0n) is 17.6. The highest BCUT2D eigenvalue weighted by atomic mass is 32.2. The highest BCUT2D eigenvalue weighted by molar-refractivity contribution is 7.92. The second kappa shape index (κ2) is 10.4.